The van der Waals surface area contributed by atoms with E-state index in [4.69, 9.17) is 4.74 Å². The number of amides is 1. The number of nitrogens with one attached hydrogen (secondary N) is 2. The van der Waals surface area contributed by atoms with Crippen molar-refractivity contribution < 1.29 is 9.53 Å². The highest BCUT2D eigenvalue weighted by Gasteiger charge is 2.30. The lowest BCUT2D eigenvalue weighted by atomic mass is 9.81. The zero-order valence-corrected chi connectivity index (χ0v) is 16.5. The Morgan fingerprint density at radius 1 is 0.964 bits per heavy atom. The van der Waals surface area contributed by atoms with Crippen molar-refractivity contribution >= 4 is 17.3 Å². The number of rotatable bonds is 6. The van der Waals surface area contributed by atoms with E-state index in [0.29, 0.717) is 56.2 Å². The smallest absolute Gasteiger partial charge is 0.253 e. The van der Waals surface area contributed by atoms with Crippen molar-refractivity contribution in [2.45, 2.75) is 57.4 Å². The first-order valence-corrected chi connectivity index (χ1v) is 10.8. The van der Waals surface area contributed by atoms with Crippen LogP contribution >= 0.6 is 0 Å². The summed E-state index contributed by atoms with van der Waals surface area (Å²) in [7, 11) is 0. The third-order valence-corrected chi connectivity index (χ3v) is 6.70. The predicted octanol–water partition coefficient (Wildman–Crippen LogP) is 1.40. The average Bonchev–Trinajstić information content (AvgIpc) is 3.24. The summed E-state index contributed by atoms with van der Waals surface area (Å²) in [6, 6.07) is 0.389. The fourth-order valence-electron chi connectivity index (χ4n) is 4.90. The monoisotopic (exact) mass is 389 g/mol. The van der Waals surface area contributed by atoms with Gasteiger partial charge in [-0.1, -0.05) is 12.8 Å². The van der Waals surface area contributed by atoms with E-state index in [-0.39, 0.29) is 17.3 Å². The predicted molar refractivity (Wildman–Crippen MR) is 109 cm³/mol. The van der Waals surface area contributed by atoms with E-state index in [2.05, 4.69) is 10.6 Å². The number of hydrogen-bond acceptors (Lipinski definition) is 6. The molecule has 1 aromatic carbocycles. The first-order chi connectivity index (χ1) is 13.6. The molecule has 1 saturated heterocycles. The van der Waals surface area contributed by atoms with Crippen LogP contribution in [0.15, 0.2) is 9.59 Å². The molecule has 28 heavy (non-hydrogen) atoms. The van der Waals surface area contributed by atoms with Gasteiger partial charge in [0.15, 0.2) is 0 Å². The van der Waals surface area contributed by atoms with Gasteiger partial charge in [0.05, 0.1) is 13.2 Å². The number of ether oxygens (including phenoxy) is 1. The first kappa shape index (κ1) is 19.4. The summed E-state index contributed by atoms with van der Waals surface area (Å²) in [6.07, 6.45) is 8.49. The van der Waals surface area contributed by atoms with Gasteiger partial charge < -0.3 is 20.3 Å². The first-order valence-electron chi connectivity index (χ1n) is 10.8. The molecule has 154 valence electrons. The minimum Gasteiger partial charge on any atom is -0.380 e. The van der Waals surface area contributed by atoms with Gasteiger partial charge in [0.25, 0.3) is 10.9 Å². The molecule has 1 aliphatic heterocycles. The Labute approximate surface area is 165 Å². The van der Waals surface area contributed by atoms with Gasteiger partial charge in [0, 0.05) is 31.6 Å². The van der Waals surface area contributed by atoms with Crippen LogP contribution in [0.4, 0.5) is 11.4 Å². The van der Waals surface area contributed by atoms with Gasteiger partial charge in [-0.2, -0.15) is 0 Å². The van der Waals surface area contributed by atoms with Crippen molar-refractivity contribution in [2.24, 2.45) is 11.8 Å². The molecule has 4 rings (SSSR count). The summed E-state index contributed by atoms with van der Waals surface area (Å²) in [5.74, 6) is 0.805. The SMILES string of the molecule is O=C(NC1CCCC1)C1CCC(CNc2c(N3CCOCC3)c(=O)c2=O)CC1. The Kier molecular flexibility index (Phi) is 5.99. The lowest BCUT2D eigenvalue weighted by Gasteiger charge is -2.32. The molecule has 0 spiro atoms. The fraction of sp³-hybridized carbons (Fsp3) is 0.762. The lowest BCUT2D eigenvalue weighted by Crippen LogP contribution is -2.47. The fourth-order valence-corrected chi connectivity index (χ4v) is 4.90. The van der Waals surface area contributed by atoms with Crippen molar-refractivity contribution in [3.05, 3.63) is 20.4 Å². The molecule has 1 heterocycles. The van der Waals surface area contributed by atoms with E-state index in [1.54, 1.807) is 0 Å². The van der Waals surface area contributed by atoms with Crippen LogP contribution in [0.2, 0.25) is 0 Å². The molecule has 0 unspecified atom stereocenters. The van der Waals surface area contributed by atoms with Crippen LogP contribution < -0.4 is 26.4 Å². The Morgan fingerprint density at radius 3 is 2.32 bits per heavy atom. The van der Waals surface area contributed by atoms with E-state index in [0.717, 1.165) is 38.5 Å². The van der Waals surface area contributed by atoms with Gasteiger partial charge in [-0.3, -0.25) is 14.4 Å². The number of carbonyl (C=O) groups is 1. The maximum Gasteiger partial charge on any atom is 0.253 e. The van der Waals surface area contributed by atoms with E-state index >= 15 is 0 Å². The van der Waals surface area contributed by atoms with E-state index < -0.39 is 5.43 Å². The molecular weight excluding hydrogens is 358 g/mol. The van der Waals surface area contributed by atoms with Gasteiger partial charge in [0.1, 0.15) is 11.4 Å². The number of hydrogen-bond donors (Lipinski definition) is 2. The van der Waals surface area contributed by atoms with Crippen molar-refractivity contribution in [3.8, 4) is 0 Å². The third kappa shape index (κ3) is 4.09. The van der Waals surface area contributed by atoms with Gasteiger partial charge >= 0.3 is 0 Å². The molecule has 2 saturated carbocycles. The molecule has 2 aliphatic carbocycles. The Balaban J connectivity index is 1.25. The van der Waals surface area contributed by atoms with Crippen LogP contribution in [-0.4, -0.2) is 44.8 Å². The quantitative estimate of drug-likeness (QED) is 0.715. The van der Waals surface area contributed by atoms with Gasteiger partial charge in [-0.05, 0) is 44.4 Å². The Bertz CT molecular complexity index is 750. The van der Waals surface area contributed by atoms with Crippen LogP contribution in [0.1, 0.15) is 51.4 Å². The second-order valence-corrected chi connectivity index (χ2v) is 8.57. The van der Waals surface area contributed by atoms with Crippen molar-refractivity contribution in [2.75, 3.05) is 43.1 Å². The summed E-state index contributed by atoms with van der Waals surface area (Å²) >= 11 is 0. The molecule has 3 fully saturated rings. The molecule has 0 bridgehead atoms. The zero-order chi connectivity index (χ0) is 19.5. The van der Waals surface area contributed by atoms with Crippen LogP contribution in [0.25, 0.3) is 0 Å². The average molecular weight is 389 g/mol. The molecule has 1 amide bonds. The minimum atomic E-state index is -0.397. The Hall–Kier alpha value is -1.89. The highest BCUT2D eigenvalue weighted by molar-refractivity contribution is 5.79. The summed E-state index contributed by atoms with van der Waals surface area (Å²) in [6.45, 7) is 3.18. The highest BCUT2D eigenvalue weighted by atomic mass is 16.5. The van der Waals surface area contributed by atoms with Crippen LogP contribution in [0.3, 0.4) is 0 Å². The topological polar surface area (TPSA) is 87.7 Å². The number of anilines is 2. The zero-order valence-electron chi connectivity index (χ0n) is 16.5. The molecular formula is C21H31N3O4. The van der Waals surface area contributed by atoms with Crippen molar-refractivity contribution in [1.29, 1.82) is 0 Å². The summed E-state index contributed by atoms with van der Waals surface area (Å²) < 4.78 is 5.33. The van der Waals surface area contributed by atoms with E-state index in [1.165, 1.54) is 12.8 Å². The molecule has 0 aromatic heterocycles. The molecule has 3 aliphatic rings. The lowest BCUT2D eigenvalue weighted by molar-refractivity contribution is -0.126. The summed E-state index contributed by atoms with van der Waals surface area (Å²) in [5.41, 5.74) is 0.244. The normalized spacial score (nSPS) is 26.5. The van der Waals surface area contributed by atoms with Crippen LogP contribution in [-0.2, 0) is 9.53 Å². The van der Waals surface area contributed by atoms with Crippen molar-refractivity contribution in [3.63, 3.8) is 0 Å². The molecule has 2 N–H and O–H groups in total. The van der Waals surface area contributed by atoms with Crippen LogP contribution in [0.5, 0.6) is 0 Å². The van der Waals surface area contributed by atoms with Crippen LogP contribution in [0, 0.1) is 11.8 Å². The number of carbonyl (C=O) groups excluding carboxylic acids is 1. The molecule has 0 radical (unpaired) electrons. The number of nitrogens with zero attached hydrogens (tertiary/aromatic N) is 1. The maximum atomic E-state index is 12.4. The summed E-state index contributed by atoms with van der Waals surface area (Å²) in [5, 5.41) is 6.47. The van der Waals surface area contributed by atoms with E-state index in [1.807, 2.05) is 4.90 Å². The van der Waals surface area contributed by atoms with Crippen molar-refractivity contribution in [1.82, 2.24) is 5.32 Å². The largest absolute Gasteiger partial charge is 0.380 e. The van der Waals surface area contributed by atoms with Gasteiger partial charge in [0.2, 0.25) is 5.91 Å². The third-order valence-electron chi connectivity index (χ3n) is 6.70. The minimum absolute atomic E-state index is 0.131. The molecule has 0 atom stereocenters. The second-order valence-electron chi connectivity index (χ2n) is 8.57. The second kappa shape index (κ2) is 8.64. The summed E-state index contributed by atoms with van der Waals surface area (Å²) in [4.78, 5) is 38.4. The Morgan fingerprint density at radius 2 is 1.64 bits per heavy atom. The highest BCUT2D eigenvalue weighted by Crippen LogP contribution is 2.30. The molecule has 7 nitrogen and oxygen atoms in total. The van der Waals surface area contributed by atoms with E-state index in [9.17, 15) is 14.4 Å². The van der Waals surface area contributed by atoms with Gasteiger partial charge in [-0.15, -0.1) is 0 Å². The molecule has 1 aromatic rings. The standard InChI is InChI=1S/C21H31N3O4/c25-19-17(18(20(19)26)24-9-11-28-12-10-24)22-13-14-5-7-15(8-6-14)21(27)23-16-3-1-2-4-16/h14-16,22H,1-13H2,(H,23,27). The molecule has 7 heteroatoms. The van der Waals surface area contributed by atoms with Gasteiger partial charge in [-0.25, -0.2) is 0 Å². The maximum absolute atomic E-state index is 12.4. The number of morpholine rings is 1.